The summed E-state index contributed by atoms with van der Waals surface area (Å²) in [6.07, 6.45) is 1.12. The molecule has 0 saturated heterocycles. The van der Waals surface area contributed by atoms with E-state index in [1.54, 1.807) is 0 Å². The van der Waals surface area contributed by atoms with Crippen molar-refractivity contribution in [2.75, 3.05) is 23.7 Å². The molecule has 0 saturated carbocycles. The predicted octanol–water partition coefficient (Wildman–Crippen LogP) is 3.27. The van der Waals surface area contributed by atoms with E-state index in [2.05, 4.69) is 42.3 Å². The van der Waals surface area contributed by atoms with E-state index in [-0.39, 0.29) is 0 Å². The summed E-state index contributed by atoms with van der Waals surface area (Å²) < 4.78 is 0. The van der Waals surface area contributed by atoms with Gasteiger partial charge in [-0.15, -0.1) is 0 Å². The van der Waals surface area contributed by atoms with Gasteiger partial charge in [-0.1, -0.05) is 6.92 Å². The minimum atomic E-state index is 0.889. The highest BCUT2D eigenvalue weighted by Crippen LogP contribution is 2.27. The molecule has 0 unspecified atom stereocenters. The first-order valence-electron chi connectivity index (χ1n) is 5.40. The minimum absolute atomic E-state index is 0.889. The van der Waals surface area contributed by atoms with Crippen LogP contribution in [0.25, 0.3) is 0 Å². The van der Waals surface area contributed by atoms with Crippen molar-refractivity contribution in [3.05, 3.63) is 18.2 Å². The molecule has 1 aromatic rings. The molecule has 82 valence electrons. The first kappa shape index (κ1) is 11.6. The van der Waals surface area contributed by atoms with E-state index in [0.717, 1.165) is 36.6 Å². The van der Waals surface area contributed by atoms with Crippen LogP contribution in [0.4, 0.5) is 17.1 Å². The van der Waals surface area contributed by atoms with E-state index >= 15 is 0 Å². The van der Waals surface area contributed by atoms with Gasteiger partial charge in [0, 0.05) is 18.8 Å². The Kier molecular flexibility index (Phi) is 4.68. The molecule has 0 atom stereocenters. The second-order valence-electron chi connectivity index (χ2n) is 3.35. The third-order valence-corrected chi connectivity index (χ3v) is 2.11. The van der Waals surface area contributed by atoms with Crippen molar-refractivity contribution in [3.63, 3.8) is 0 Å². The summed E-state index contributed by atoms with van der Waals surface area (Å²) in [5, 5.41) is 6.61. The van der Waals surface area contributed by atoms with Crippen molar-refractivity contribution in [2.24, 2.45) is 4.99 Å². The quantitative estimate of drug-likeness (QED) is 0.699. The maximum absolute atomic E-state index is 3.97. The Hall–Kier alpha value is -1.51. The van der Waals surface area contributed by atoms with Gasteiger partial charge in [-0.25, -0.2) is 0 Å². The number of hydrogen-bond donors (Lipinski definition) is 2. The number of aliphatic imine (C=N–C) groups is 1. The average molecular weight is 205 g/mol. The Bertz CT molecular complexity index is 321. The molecule has 0 heterocycles. The highest BCUT2D eigenvalue weighted by Gasteiger charge is 2.00. The van der Waals surface area contributed by atoms with Crippen molar-refractivity contribution in [2.45, 2.75) is 20.3 Å². The normalized spacial score (nSPS) is 9.73. The number of benzene rings is 1. The van der Waals surface area contributed by atoms with Crippen LogP contribution in [0, 0.1) is 0 Å². The van der Waals surface area contributed by atoms with Gasteiger partial charge in [-0.05, 0) is 38.3 Å². The van der Waals surface area contributed by atoms with Gasteiger partial charge in [0.2, 0.25) is 0 Å². The molecule has 3 heteroatoms. The maximum Gasteiger partial charge on any atom is 0.0855 e. The Morgan fingerprint density at radius 3 is 2.67 bits per heavy atom. The van der Waals surface area contributed by atoms with Crippen LogP contribution < -0.4 is 10.6 Å². The number of hydrogen-bond acceptors (Lipinski definition) is 3. The van der Waals surface area contributed by atoms with Crippen molar-refractivity contribution in [3.8, 4) is 0 Å². The summed E-state index contributed by atoms with van der Waals surface area (Å²) in [7, 11) is 0. The van der Waals surface area contributed by atoms with E-state index in [1.165, 1.54) is 0 Å². The third-order valence-electron chi connectivity index (χ3n) is 2.11. The lowest BCUT2D eigenvalue weighted by atomic mass is 10.2. The molecule has 0 aliphatic rings. The molecule has 0 amide bonds. The fourth-order valence-corrected chi connectivity index (χ4v) is 1.39. The Morgan fingerprint density at radius 1 is 1.27 bits per heavy atom. The zero-order chi connectivity index (χ0) is 11.1. The van der Waals surface area contributed by atoms with Gasteiger partial charge < -0.3 is 10.6 Å². The van der Waals surface area contributed by atoms with Crippen molar-refractivity contribution < 1.29 is 0 Å². The zero-order valence-corrected chi connectivity index (χ0v) is 9.51. The number of anilines is 2. The van der Waals surface area contributed by atoms with Gasteiger partial charge >= 0.3 is 0 Å². The molecule has 0 aliphatic heterocycles. The molecular formula is C12H19N3. The summed E-state index contributed by atoms with van der Waals surface area (Å²) in [4.78, 5) is 3.97. The van der Waals surface area contributed by atoms with Crippen LogP contribution in [0.5, 0.6) is 0 Å². The fourth-order valence-electron chi connectivity index (χ4n) is 1.39. The molecule has 0 aromatic heterocycles. The van der Waals surface area contributed by atoms with Gasteiger partial charge in [0.25, 0.3) is 0 Å². The molecule has 0 radical (unpaired) electrons. The molecule has 1 aromatic carbocycles. The van der Waals surface area contributed by atoms with Crippen LogP contribution in [0.1, 0.15) is 20.3 Å². The summed E-state index contributed by atoms with van der Waals surface area (Å²) in [6, 6.07) is 6.08. The lowest BCUT2D eigenvalue weighted by Gasteiger charge is -2.10. The van der Waals surface area contributed by atoms with Gasteiger partial charge in [-0.3, -0.25) is 4.99 Å². The molecule has 0 bridgehead atoms. The monoisotopic (exact) mass is 205 g/mol. The number of nitrogens with one attached hydrogen (secondary N) is 2. The van der Waals surface area contributed by atoms with Gasteiger partial charge in [0.05, 0.1) is 11.4 Å². The van der Waals surface area contributed by atoms with Crippen LogP contribution in [0.3, 0.4) is 0 Å². The summed E-state index contributed by atoms with van der Waals surface area (Å²) >= 11 is 0. The van der Waals surface area contributed by atoms with E-state index < -0.39 is 0 Å². The molecule has 1 rings (SSSR count). The fraction of sp³-hybridized carbons (Fsp3) is 0.417. The minimum Gasteiger partial charge on any atom is -0.385 e. The van der Waals surface area contributed by atoms with Crippen molar-refractivity contribution in [1.82, 2.24) is 0 Å². The van der Waals surface area contributed by atoms with Crippen LogP contribution >= 0.6 is 0 Å². The number of nitrogens with zero attached hydrogens (tertiary/aromatic N) is 1. The van der Waals surface area contributed by atoms with Gasteiger partial charge in [-0.2, -0.15) is 0 Å². The van der Waals surface area contributed by atoms with E-state index in [0.29, 0.717) is 0 Å². The average Bonchev–Trinajstić information content (AvgIpc) is 2.27. The molecule has 2 N–H and O–H groups in total. The summed E-state index contributed by atoms with van der Waals surface area (Å²) in [5.41, 5.74) is 3.06. The predicted molar refractivity (Wildman–Crippen MR) is 68.6 cm³/mol. The SMILES string of the molecule is C=Nc1ccc(NCCC)cc1NCC. The first-order chi connectivity index (χ1) is 7.31. The van der Waals surface area contributed by atoms with Crippen molar-refractivity contribution in [1.29, 1.82) is 0 Å². The zero-order valence-electron chi connectivity index (χ0n) is 9.51. The highest BCUT2D eigenvalue weighted by atomic mass is 14.9. The smallest absolute Gasteiger partial charge is 0.0855 e. The lowest BCUT2D eigenvalue weighted by molar-refractivity contribution is 0.980. The van der Waals surface area contributed by atoms with Crippen LogP contribution in [0.2, 0.25) is 0 Å². The third kappa shape index (κ3) is 3.27. The summed E-state index contributed by atoms with van der Waals surface area (Å²) in [5.74, 6) is 0. The van der Waals surface area contributed by atoms with Crippen LogP contribution in [-0.2, 0) is 0 Å². The molecular weight excluding hydrogens is 186 g/mol. The Labute approximate surface area is 91.6 Å². The molecule has 15 heavy (non-hydrogen) atoms. The van der Waals surface area contributed by atoms with Crippen molar-refractivity contribution >= 4 is 23.8 Å². The van der Waals surface area contributed by atoms with Gasteiger partial charge in [0.1, 0.15) is 0 Å². The van der Waals surface area contributed by atoms with Crippen LogP contribution in [-0.4, -0.2) is 19.8 Å². The molecule has 0 aliphatic carbocycles. The van der Waals surface area contributed by atoms with E-state index in [4.69, 9.17) is 0 Å². The topological polar surface area (TPSA) is 36.4 Å². The number of rotatable bonds is 6. The molecule has 0 spiro atoms. The standard InChI is InChI=1S/C12H19N3/c1-4-8-15-10-6-7-11(13-3)12(9-10)14-5-2/h6-7,9,14-15H,3-5,8H2,1-2H3. The second-order valence-corrected chi connectivity index (χ2v) is 3.35. The van der Waals surface area contributed by atoms with E-state index in [1.807, 2.05) is 12.1 Å². The molecule has 3 nitrogen and oxygen atoms in total. The maximum atomic E-state index is 3.97. The molecule has 0 fully saturated rings. The first-order valence-corrected chi connectivity index (χ1v) is 5.40. The lowest BCUT2D eigenvalue weighted by Crippen LogP contribution is -2.01. The van der Waals surface area contributed by atoms with E-state index in [9.17, 15) is 0 Å². The van der Waals surface area contributed by atoms with Crippen LogP contribution in [0.15, 0.2) is 23.2 Å². The Balaban J connectivity index is 2.83. The summed E-state index contributed by atoms with van der Waals surface area (Å²) in [6.45, 7) is 9.66. The Morgan fingerprint density at radius 2 is 2.07 bits per heavy atom. The highest BCUT2D eigenvalue weighted by molar-refractivity contribution is 5.72. The second kappa shape index (κ2) is 6.06. The largest absolute Gasteiger partial charge is 0.385 e. The van der Waals surface area contributed by atoms with Gasteiger partial charge in [0.15, 0.2) is 0 Å².